The highest BCUT2D eigenvalue weighted by atomic mass is 16.5. The van der Waals surface area contributed by atoms with E-state index in [1.54, 1.807) is 0 Å². The van der Waals surface area contributed by atoms with E-state index in [0.29, 0.717) is 6.54 Å². The molecule has 1 aliphatic rings. The van der Waals surface area contributed by atoms with Gasteiger partial charge >= 0.3 is 6.03 Å². The van der Waals surface area contributed by atoms with Crippen LogP contribution in [0.4, 0.5) is 4.79 Å². The minimum atomic E-state index is -0.0555. The molecule has 0 spiro atoms. The van der Waals surface area contributed by atoms with Gasteiger partial charge in [-0.2, -0.15) is 0 Å². The van der Waals surface area contributed by atoms with E-state index in [1.165, 1.54) is 12.0 Å². The fourth-order valence-electron chi connectivity index (χ4n) is 2.44. The molecule has 1 fully saturated rings. The highest BCUT2D eigenvalue weighted by molar-refractivity contribution is 5.74. The average Bonchev–Trinajstić information content (AvgIpc) is 2.45. The van der Waals surface area contributed by atoms with Gasteiger partial charge in [0.05, 0.1) is 6.61 Å². The summed E-state index contributed by atoms with van der Waals surface area (Å²) in [5.41, 5.74) is 1.22. The molecule has 2 N–H and O–H groups in total. The number of carbonyl (C=O) groups is 1. The largest absolute Gasteiger partial charge is 0.494 e. The number of hydrogen-bond acceptors (Lipinski definition) is 2. The Morgan fingerprint density at radius 1 is 1.29 bits per heavy atom. The Morgan fingerprint density at radius 3 is 2.57 bits per heavy atom. The van der Waals surface area contributed by atoms with Crippen LogP contribution in [0, 0.1) is 0 Å². The second-order valence-electron chi connectivity index (χ2n) is 6.04. The first-order valence-corrected chi connectivity index (χ1v) is 7.89. The highest BCUT2D eigenvalue weighted by Crippen LogP contribution is 2.30. The van der Waals surface area contributed by atoms with E-state index in [1.807, 2.05) is 12.1 Å². The van der Waals surface area contributed by atoms with Gasteiger partial charge in [0.15, 0.2) is 0 Å². The normalized spacial score (nSPS) is 15.9. The Labute approximate surface area is 127 Å². The first-order chi connectivity index (χ1) is 10.1. The molecule has 0 heterocycles. The van der Waals surface area contributed by atoms with Gasteiger partial charge < -0.3 is 15.4 Å². The van der Waals surface area contributed by atoms with E-state index < -0.39 is 0 Å². The molecular formula is C17H26N2O2. The van der Waals surface area contributed by atoms with Gasteiger partial charge in [0, 0.05) is 12.1 Å². The molecule has 4 nitrogen and oxygen atoms in total. The summed E-state index contributed by atoms with van der Waals surface area (Å²) in [7, 11) is 0. The summed E-state index contributed by atoms with van der Waals surface area (Å²) in [6, 6.07) is 8.02. The topological polar surface area (TPSA) is 50.4 Å². The van der Waals surface area contributed by atoms with Crippen LogP contribution in [0.5, 0.6) is 5.75 Å². The van der Waals surface area contributed by atoms with Gasteiger partial charge in [-0.1, -0.05) is 19.1 Å². The van der Waals surface area contributed by atoms with Crippen molar-refractivity contribution in [2.24, 2.45) is 0 Å². The van der Waals surface area contributed by atoms with Crippen molar-refractivity contribution < 1.29 is 9.53 Å². The molecule has 0 radical (unpaired) electrons. The highest BCUT2D eigenvalue weighted by Gasteiger charge is 2.32. The third-order valence-electron chi connectivity index (χ3n) is 3.97. The summed E-state index contributed by atoms with van der Waals surface area (Å²) in [4.78, 5) is 11.8. The Hall–Kier alpha value is -1.71. The maximum Gasteiger partial charge on any atom is 0.315 e. The van der Waals surface area contributed by atoms with Gasteiger partial charge in [-0.05, 0) is 56.7 Å². The standard InChI is InChI=1S/C17H26N2O2/c1-3-13-21-15-7-5-14(6-8-15)9-12-18-16(20)19-17(2)10-4-11-17/h5-8H,3-4,9-13H2,1-2H3,(H2,18,19,20). The first-order valence-electron chi connectivity index (χ1n) is 7.89. The zero-order valence-corrected chi connectivity index (χ0v) is 13.1. The Bertz CT molecular complexity index is 452. The van der Waals surface area contributed by atoms with Crippen molar-refractivity contribution in [3.63, 3.8) is 0 Å². The maximum atomic E-state index is 11.8. The van der Waals surface area contributed by atoms with E-state index in [0.717, 1.165) is 38.0 Å². The first kappa shape index (κ1) is 15.7. The molecule has 1 aromatic carbocycles. The van der Waals surface area contributed by atoms with Gasteiger partial charge in [0.1, 0.15) is 5.75 Å². The number of hydrogen-bond donors (Lipinski definition) is 2. The van der Waals surface area contributed by atoms with Crippen molar-refractivity contribution in [1.29, 1.82) is 0 Å². The fraction of sp³-hybridized carbons (Fsp3) is 0.588. The monoisotopic (exact) mass is 290 g/mol. The van der Waals surface area contributed by atoms with Gasteiger partial charge in [-0.25, -0.2) is 4.79 Å². The van der Waals surface area contributed by atoms with Crippen LogP contribution in [0.3, 0.4) is 0 Å². The van der Waals surface area contributed by atoms with E-state index in [9.17, 15) is 4.79 Å². The van der Waals surface area contributed by atoms with Crippen LogP contribution in [0.2, 0.25) is 0 Å². The van der Waals surface area contributed by atoms with Crippen LogP contribution in [-0.4, -0.2) is 24.7 Å². The quantitative estimate of drug-likeness (QED) is 0.810. The van der Waals surface area contributed by atoms with Crippen LogP contribution >= 0.6 is 0 Å². The smallest absolute Gasteiger partial charge is 0.315 e. The van der Waals surface area contributed by atoms with E-state index >= 15 is 0 Å². The van der Waals surface area contributed by atoms with Gasteiger partial charge in [-0.15, -0.1) is 0 Å². The lowest BCUT2D eigenvalue weighted by molar-refractivity contribution is 0.191. The summed E-state index contributed by atoms with van der Waals surface area (Å²) in [5, 5.41) is 5.96. The lowest BCUT2D eigenvalue weighted by Gasteiger charge is -2.39. The molecule has 21 heavy (non-hydrogen) atoms. The molecule has 0 aliphatic heterocycles. The van der Waals surface area contributed by atoms with Crippen LogP contribution in [0.25, 0.3) is 0 Å². The summed E-state index contributed by atoms with van der Waals surface area (Å²) in [6.45, 7) is 5.59. The molecule has 0 saturated heterocycles. The third kappa shape index (κ3) is 4.96. The summed E-state index contributed by atoms with van der Waals surface area (Å²) >= 11 is 0. The second kappa shape index (κ2) is 7.34. The van der Waals surface area contributed by atoms with Crippen LogP contribution in [0.15, 0.2) is 24.3 Å². The van der Waals surface area contributed by atoms with Crippen molar-refractivity contribution in [1.82, 2.24) is 10.6 Å². The zero-order chi connectivity index (χ0) is 15.1. The SMILES string of the molecule is CCCOc1ccc(CCNC(=O)NC2(C)CCC2)cc1. The zero-order valence-electron chi connectivity index (χ0n) is 13.1. The predicted octanol–water partition coefficient (Wildman–Crippen LogP) is 3.26. The number of benzene rings is 1. The van der Waals surface area contributed by atoms with Crippen LogP contribution < -0.4 is 15.4 Å². The summed E-state index contributed by atoms with van der Waals surface area (Å²) in [5.74, 6) is 0.907. The Kier molecular flexibility index (Phi) is 5.48. The molecular weight excluding hydrogens is 264 g/mol. The minimum Gasteiger partial charge on any atom is -0.494 e. The molecule has 0 bridgehead atoms. The van der Waals surface area contributed by atoms with Gasteiger partial charge in [0.25, 0.3) is 0 Å². The van der Waals surface area contributed by atoms with Crippen molar-refractivity contribution in [2.75, 3.05) is 13.2 Å². The summed E-state index contributed by atoms with van der Waals surface area (Å²) in [6.07, 6.45) is 5.22. The Balaban J connectivity index is 1.67. The molecule has 1 aromatic rings. The van der Waals surface area contributed by atoms with E-state index in [4.69, 9.17) is 4.74 Å². The number of nitrogens with one attached hydrogen (secondary N) is 2. The van der Waals surface area contributed by atoms with E-state index in [2.05, 4.69) is 36.6 Å². The molecule has 2 rings (SSSR count). The number of rotatable bonds is 7. The molecule has 0 atom stereocenters. The van der Waals surface area contributed by atoms with E-state index in [-0.39, 0.29) is 11.6 Å². The lowest BCUT2D eigenvalue weighted by atomic mass is 9.79. The molecule has 1 saturated carbocycles. The Morgan fingerprint density at radius 2 is 2.00 bits per heavy atom. The molecule has 0 aromatic heterocycles. The van der Waals surface area contributed by atoms with Crippen LogP contribution in [0.1, 0.15) is 45.1 Å². The molecule has 116 valence electrons. The van der Waals surface area contributed by atoms with Crippen molar-refractivity contribution in [3.8, 4) is 5.75 Å². The number of urea groups is 1. The van der Waals surface area contributed by atoms with Crippen LogP contribution in [-0.2, 0) is 6.42 Å². The average molecular weight is 290 g/mol. The number of amides is 2. The van der Waals surface area contributed by atoms with Gasteiger partial charge in [0.2, 0.25) is 0 Å². The number of carbonyl (C=O) groups excluding carboxylic acids is 1. The second-order valence-corrected chi connectivity index (χ2v) is 6.04. The predicted molar refractivity (Wildman–Crippen MR) is 84.7 cm³/mol. The van der Waals surface area contributed by atoms with Crippen molar-refractivity contribution >= 4 is 6.03 Å². The van der Waals surface area contributed by atoms with Crippen molar-refractivity contribution in [2.45, 2.75) is 51.5 Å². The minimum absolute atomic E-state index is 0.0162. The lowest BCUT2D eigenvalue weighted by Crippen LogP contribution is -2.54. The molecule has 1 aliphatic carbocycles. The maximum absolute atomic E-state index is 11.8. The molecule has 2 amide bonds. The van der Waals surface area contributed by atoms with Crippen molar-refractivity contribution in [3.05, 3.63) is 29.8 Å². The molecule has 0 unspecified atom stereocenters. The molecule has 4 heteroatoms. The van der Waals surface area contributed by atoms with Gasteiger partial charge in [-0.3, -0.25) is 0 Å². The fourth-order valence-corrected chi connectivity index (χ4v) is 2.44. The number of ether oxygens (including phenoxy) is 1. The summed E-state index contributed by atoms with van der Waals surface area (Å²) < 4.78 is 5.55. The third-order valence-corrected chi connectivity index (χ3v) is 3.97.